The lowest BCUT2D eigenvalue weighted by Gasteiger charge is -2.47. The molecule has 0 bridgehead atoms. The first-order valence-corrected chi connectivity index (χ1v) is 13.4. The van der Waals surface area contributed by atoms with Crippen molar-refractivity contribution >= 4 is 27.5 Å². The van der Waals surface area contributed by atoms with E-state index in [9.17, 15) is 12.8 Å². The minimum absolute atomic E-state index is 0.121. The molecule has 6 nitrogen and oxygen atoms in total. The maximum Gasteiger partial charge on any atom is 0.302 e. The van der Waals surface area contributed by atoms with E-state index < -0.39 is 21.6 Å². The van der Waals surface area contributed by atoms with E-state index in [4.69, 9.17) is 16.3 Å². The first-order chi connectivity index (χ1) is 16.7. The second kappa shape index (κ2) is 9.43. The number of rotatable bonds is 5. The van der Waals surface area contributed by atoms with Gasteiger partial charge in [0.2, 0.25) is 0 Å². The van der Waals surface area contributed by atoms with E-state index in [0.29, 0.717) is 42.4 Å². The highest BCUT2D eigenvalue weighted by molar-refractivity contribution is 7.91. The molecule has 0 aliphatic carbocycles. The Balaban J connectivity index is 1.31. The first-order valence-electron chi connectivity index (χ1n) is 11.6. The van der Waals surface area contributed by atoms with Gasteiger partial charge in [0.05, 0.1) is 11.2 Å². The van der Waals surface area contributed by atoms with Crippen LogP contribution >= 0.6 is 11.6 Å². The van der Waals surface area contributed by atoms with Crippen molar-refractivity contribution in [3.8, 4) is 11.5 Å². The Morgan fingerprint density at radius 2 is 1.86 bits per heavy atom. The molecule has 2 heterocycles. The fourth-order valence-corrected chi connectivity index (χ4v) is 6.98. The summed E-state index contributed by atoms with van der Waals surface area (Å²) in [6, 6.07) is 21.1. The van der Waals surface area contributed by atoms with Gasteiger partial charge in [-0.3, -0.25) is 9.21 Å². The molecule has 2 atom stereocenters. The molecule has 0 unspecified atom stereocenters. The Morgan fingerprint density at radius 3 is 2.60 bits per heavy atom. The quantitative estimate of drug-likeness (QED) is 0.497. The number of nitrogens with one attached hydrogen (secondary N) is 1. The second-order valence-electron chi connectivity index (χ2n) is 9.27. The summed E-state index contributed by atoms with van der Waals surface area (Å²) in [7, 11) is -3.73. The summed E-state index contributed by atoms with van der Waals surface area (Å²) in [5.41, 5.74) is 0.850. The van der Waals surface area contributed by atoms with Crippen molar-refractivity contribution in [2.75, 3.05) is 17.4 Å². The molecule has 5 rings (SSSR count). The average Bonchev–Trinajstić information content (AvgIpc) is 3.07. The molecule has 2 aliphatic rings. The molecule has 0 radical (unpaired) electrons. The number of anilines is 1. The van der Waals surface area contributed by atoms with Gasteiger partial charge < -0.3 is 4.74 Å². The van der Waals surface area contributed by atoms with Crippen LogP contribution in [0.5, 0.6) is 11.5 Å². The summed E-state index contributed by atoms with van der Waals surface area (Å²) in [5, 5.41) is 0.657. The summed E-state index contributed by atoms with van der Waals surface area (Å²) >= 11 is 5.96. The lowest BCUT2D eigenvalue weighted by molar-refractivity contribution is 0.106. The molecule has 3 aromatic carbocycles. The Kier molecular flexibility index (Phi) is 6.48. The van der Waals surface area contributed by atoms with Gasteiger partial charge in [-0.05, 0) is 79.9 Å². The van der Waals surface area contributed by atoms with Crippen LogP contribution in [0, 0.1) is 5.82 Å². The van der Waals surface area contributed by atoms with E-state index in [1.54, 1.807) is 24.3 Å². The molecule has 35 heavy (non-hydrogen) atoms. The monoisotopic (exact) mass is 515 g/mol. The predicted molar refractivity (Wildman–Crippen MR) is 136 cm³/mol. The lowest BCUT2D eigenvalue weighted by Crippen LogP contribution is -2.57. The van der Waals surface area contributed by atoms with E-state index in [0.717, 1.165) is 17.9 Å². The topological polar surface area (TPSA) is 61.9 Å². The number of halogens is 2. The van der Waals surface area contributed by atoms with E-state index in [1.165, 1.54) is 16.4 Å². The number of hydrogen-bond donors (Lipinski definition) is 1. The molecule has 184 valence electrons. The van der Waals surface area contributed by atoms with Crippen LogP contribution in [-0.2, 0) is 16.8 Å². The molecule has 9 heteroatoms. The summed E-state index contributed by atoms with van der Waals surface area (Å²) in [5.74, 6) is 1.01. The van der Waals surface area contributed by atoms with Gasteiger partial charge in [0, 0.05) is 30.7 Å². The molecule has 1 spiro atoms. The Hall–Kier alpha value is -2.65. The van der Waals surface area contributed by atoms with Crippen LogP contribution in [0.3, 0.4) is 0 Å². The SMILES string of the molecule is C[C@H]1C[C@]2(CCN1Cc1cccc(Oc3ccc(Cl)cc3)c1)CNS(=O)(=O)N2c1cccc(F)c1. The fraction of sp³-hybridized carbons (Fsp3) is 0.308. The molecule has 3 aromatic rings. The van der Waals surface area contributed by atoms with Crippen molar-refractivity contribution in [3.05, 3.63) is 89.2 Å². The van der Waals surface area contributed by atoms with Gasteiger partial charge in [-0.15, -0.1) is 0 Å². The van der Waals surface area contributed by atoms with Gasteiger partial charge in [0.15, 0.2) is 0 Å². The fourth-order valence-electron chi connectivity index (χ4n) is 5.15. The van der Waals surface area contributed by atoms with Gasteiger partial charge in [-0.2, -0.15) is 13.1 Å². The maximum absolute atomic E-state index is 13.9. The van der Waals surface area contributed by atoms with Gasteiger partial charge in [-0.1, -0.05) is 29.8 Å². The molecule has 0 amide bonds. The zero-order valence-corrected chi connectivity index (χ0v) is 20.9. The standard InChI is InChI=1S/C26H27ClFN3O3S/c1-19-16-26(18-29-35(32,33)31(26)23-6-3-5-22(28)15-23)12-13-30(19)17-20-4-2-7-25(14-20)34-24-10-8-21(27)9-11-24/h2-11,14-15,19,29H,12-13,16-18H2,1H3/t19-,26+/m0/s1. The highest BCUT2D eigenvalue weighted by Crippen LogP contribution is 2.41. The molecular formula is C26H27ClFN3O3S. The Bertz CT molecular complexity index is 1320. The molecule has 0 aromatic heterocycles. The molecular weight excluding hydrogens is 489 g/mol. The van der Waals surface area contributed by atoms with Crippen molar-refractivity contribution in [1.82, 2.24) is 9.62 Å². The summed E-state index contributed by atoms with van der Waals surface area (Å²) < 4.78 is 49.8. The highest BCUT2D eigenvalue weighted by Gasteiger charge is 2.52. The zero-order chi connectivity index (χ0) is 24.6. The van der Waals surface area contributed by atoms with E-state index in [1.807, 2.05) is 30.3 Å². The zero-order valence-electron chi connectivity index (χ0n) is 19.3. The second-order valence-corrected chi connectivity index (χ2v) is 11.3. The minimum Gasteiger partial charge on any atom is -0.457 e. The number of likely N-dealkylation sites (tertiary alicyclic amines) is 1. The number of ether oxygens (including phenoxy) is 1. The van der Waals surface area contributed by atoms with Crippen molar-refractivity contribution in [3.63, 3.8) is 0 Å². The molecule has 0 saturated carbocycles. The third kappa shape index (κ3) is 5.02. The summed E-state index contributed by atoms with van der Waals surface area (Å²) in [6.07, 6.45) is 1.28. The predicted octanol–water partition coefficient (Wildman–Crippen LogP) is 5.35. The van der Waals surface area contributed by atoms with E-state index >= 15 is 0 Å². The summed E-state index contributed by atoms with van der Waals surface area (Å²) in [4.78, 5) is 2.35. The van der Waals surface area contributed by atoms with Crippen LogP contribution in [0.1, 0.15) is 25.3 Å². The van der Waals surface area contributed by atoms with Crippen LogP contribution in [0.15, 0.2) is 72.8 Å². The average molecular weight is 516 g/mol. The van der Waals surface area contributed by atoms with Crippen LogP contribution < -0.4 is 13.8 Å². The van der Waals surface area contributed by atoms with Crippen molar-refractivity contribution < 1.29 is 17.5 Å². The molecule has 2 fully saturated rings. The van der Waals surface area contributed by atoms with Gasteiger partial charge in [-0.25, -0.2) is 4.39 Å². The maximum atomic E-state index is 13.9. The Morgan fingerprint density at radius 1 is 1.09 bits per heavy atom. The Labute approximate surface area is 210 Å². The number of hydrogen-bond acceptors (Lipinski definition) is 4. The van der Waals surface area contributed by atoms with Gasteiger partial charge in [0.25, 0.3) is 0 Å². The van der Waals surface area contributed by atoms with Crippen LogP contribution in [0.2, 0.25) is 5.02 Å². The smallest absolute Gasteiger partial charge is 0.302 e. The van der Waals surface area contributed by atoms with Crippen LogP contribution in [0.25, 0.3) is 0 Å². The van der Waals surface area contributed by atoms with Crippen LogP contribution in [-0.4, -0.2) is 38.0 Å². The van der Waals surface area contributed by atoms with E-state index in [-0.39, 0.29) is 6.04 Å². The minimum atomic E-state index is -3.73. The molecule has 2 aliphatic heterocycles. The largest absolute Gasteiger partial charge is 0.457 e. The third-order valence-electron chi connectivity index (χ3n) is 6.79. The summed E-state index contributed by atoms with van der Waals surface area (Å²) in [6.45, 7) is 3.86. The normalized spacial score (nSPS) is 24.1. The van der Waals surface area contributed by atoms with Crippen molar-refractivity contribution in [1.29, 1.82) is 0 Å². The number of benzene rings is 3. The lowest BCUT2D eigenvalue weighted by atomic mass is 9.83. The van der Waals surface area contributed by atoms with Gasteiger partial charge in [0.1, 0.15) is 17.3 Å². The highest BCUT2D eigenvalue weighted by atomic mass is 35.5. The first kappa shape index (κ1) is 24.1. The van der Waals surface area contributed by atoms with Gasteiger partial charge >= 0.3 is 10.2 Å². The molecule has 1 N–H and O–H groups in total. The number of nitrogens with zero attached hydrogens (tertiary/aromatic N) is 2. The molecule has 2 saturated heterocycles. The van der Waals surface area contributed by atoms with Crippen LogP contribution in [0.4, 0.5) is 10.1 Å². The van der Waals surface area contributed by atoms with Crippen molar-refractivity contribution in [2.45, 2.75) is 37.9 Å². The van der Waals surface area contributed by atoms with E-state index in [2.05, 4.69) is 22.6 Å². The number of piperidine rings is 1. The van der Waals surface area contributed by atoms with Crippen molar-refractivity contribution in [2.24, 2.45) is 0 Å². The third-order valence-corrected chi connectivity index (χ3v) is 8.63.